The van der Waals surface area contributed by atoms with Gasteiger partial charge >= 0.3 is 5.97 Å². The molecule has 1 saturated heterocycles. The lowest BCUT2D eigenvalue weighted by Gasteiger charge is -2.11. The van der Waals surface area contributed by atoms with Crippen LogP contribution in [0.2, 0.25) is 0 Å². The number of ether oxygens (including phenoxy) is 3. The first-order valence-electron chi connectivity index (χ1n) is 9.95. The molecule has 30 heavy (non-hydrogen) atoms. The van der Waals surface area contributed by atoms with Gasteiger partial charge in [-0.3, -0.25) is 4.79 Å². The molecular formula is C25H22O5. The molecule has 152 valence electrons. The van der Waals surface area contributed by atoms with Crippen molar-refractivity contribution in [2.24, 2.45) is 0 Å². The fourth-order valence-electron chi connectivity index (χ4n) is 3.25. The summed E-state index contributed by atoms with van der Waals surface area (Å²) >= 11 is 0. The Morgan fingerprint density at radius 3 is 2.10 bits per heavy atom. The summed E-state index contributed by atoms with van der Waals surface area (Å²) in [5.74, 6) is 0.518. The molecular weight excluding hydrogens is 380 g/mol. The highest BCUT2D eigenvalue weighted by molar-refractivity contribution is 6.09. The largest absolute Gasteiger partial charge is 0.491 e. The smallest absolute Gasteiger partial charge is 0.343 e. The van der Waals surface area contributed by atoms with Gasteiger partial charge in [0.1, 0.15) is 18.1 Å². The number of hydrogen-bond donors (Lipinski definition) is 0. The van der Waals surface area contributed by atoms with Crippen molar-refractivity contribution < 1.29 is 23.8 Å². The predicted molar refractivity (Wildman–Crippen MR) is 112 cm³/mol. The van der Waals surface area contributed by atoms with Crippen LogP contribution in [0.25, 0.3) is 0 Å². The molecule has 1 fully saturated rings. The standard InChI is InChI=1S/C25H22O5/c26-24(18-5-2-1-3-6-18)19-8-14-22(15-9-19)30-25(27)20-10-12-21(13-11-20)29-17-23-7-4-16-28-23/h1-3,5-6,8-15,23H,4,7,16-17H2. The van der Waals surface area contributed by atoms with Crippen LogP contribution in [0.5, 0.6) is 11.5 Å². The molecule has 0 saturated carbocycles. The van der Waals surface area contributed by atoms with Crippen molar-refractivity contribution in [3.8, 4) is 11.5 Å². The zero-order valence-corrected chi connectivity index (χ0v) is 16.5. The highest BCUT2D eigenvalue weighted by atomic mass is 16.5. The van der Waals surface area contributed by atoms with E-state index in [1.807, 2.05) is 18.2 Å². The minimum atomic E-state index is -0.470. The lowest BCUT2D eigenvalue weighted by molar-refractivity contribution is 0.0678. The molecule has 0 N–H and O–H groups in total. The lowest BCUT2D eigenvalue weighted by Crippen LogP contribution is -2.16. The van der Waals surface area contributed by atoms with Gasteiger partial charge in [0.05, 0.1) is 11.7 Å². The van der Waals surface area contributed by atoms with E-state index in [1.54, 1.807) is 60.7 Å². The maximum Gasteiger partial charge on any atom is 0.343 e. The van der Waals surface area contributed by atoms with Crippen molar-refractivity contribution in [2.45, 2.75) is 18.9 Å². The summed E-state index contributed by atoms with van der Waals surface area (Å²) in [7, 11) is 0. The molecule has 0 amide bonds. The first kappa shape index (κ1) is 19.9. The van der Waals surface area contributed by atoms with Gasteiger partial charge in [-0.25, -0.2) is 4.79 Å². The Balaban J connectivity index is 1.33. The van der Waals surface area contributed by atoms with Crippen LogP contribution in [0.1, 0.15) is 39.1 Å². The van der Waals surface area contributed by atoms with E-state index in [1.165, 1.54) is 0 Å². The number of carbonyl (C=O) groups excluding carboxylic acids is 2. The molecule has 5 nitrogen and oxygen atoms in total. The Kier molecular flexibility index (Phi) is 6.20. The Labute approximate surface area is 175 Å². The van der Waals surface area contributed by atoms with Crippen LogP contribution in [0, 0.1) is 0 Å². The molecule has 3 aromatic rings. The summed E-state index contributed by atoms with van der Waals surface area (Å²) in [6, 6.07) is 22.4. The minimum absolute atomic E-state index is 0.0768. The molecule has 0 spiro atoms. The number of carbonyl (C=O) groups is 2. The van der Waals surface area contributed by atoms with Crippen molar-refractivity contribution in [3.05, 3.63) is 95.6 Å². The highest BCUT2D eigenvalue weighted by Gasteiger charge is 2.16. The summed E-state index contributed by atoms with van der Waals surface area (Å²) in [6.07, 6.45) is 2.23. The van der Waals surface area contributed by atoms with Gasteiger partial charge in [0, 0.05) is 17.7 Å². The van der Waals surface area contributed by atoms with Crippen LogP contribution in [0.3, 0.4) is 0 Å². The summed E-state index contributed by atoms with van der Waals surface area (Å²) in [5.41, 5.74) is 1.57. The van der Waals surface area contributed by atoms with Gasteiger partial charge in [-0.15, -0.1) is 0 Å². The fourth-order valence-corrected chi connectivity index (χ4v) is 3.25. The normalized spacial score (nSPS) is 15.5. The summed E-state index contributed by atoms with van der Waals surface area (Å²) in [5, 5.41) is 0. The molecule has 0 bridgehead atoms. The monoisotopic (exact) mass is 402 g/mol. The van der Waals surface area contributed by atoms with Gasteiger partial charge in [0.25, 0.3) is 0 Å². The van der Waals surface area contributed by atoms with E-state index in [0.29, 0.717) is 34.8 Å². The first-order chi connectivity index (χ1) is 14.7. The second-order valence-electron chi connectivity index (χ2n) is 7.08. The Morgan fingerprint density at radius 1 is 0.800 bits per heavy atom. The Bertz CT molecular complexity index is 988. The quantitative estimate of drug-likeness (QED) is 0.326. The van der Waals surface area contributed by atoms with Gasteiger partial charge < -0.3 is 14.2 Å². The van der Waals surface area contributed by atoms with E-state index in [2.05, 4.69) is 0 Å². The summed E-state index contributed by atoms with van der Waals surface area (Å²) in [4.78, 5) is 24.8. The topological polar surface area (TPSA) is 61.8 Å². The van der Waals surface area contributed by atoms with Crippen molar-refractivity contribution >= 4 is 11.8 Å². The second kappa shape index (κ2) is 9.37. The molecule has 0 radical (unpaired) electrons. The van der Waals surface area contributed by atoms with Crippen LogP contribution in [0.15, 0.2) is 78.9 Å². The Hall–Kier alpha value is -3.44. The van der Waals surface area contributed by atoms with Crippen molar-refractivity contribution in [1.29, 1.82) is 0 Å². The third-order valence-corrected chi connectivity index (χ3v) is 4.91. The predicted octanol–water partition coefficient (Wildman–Crippen LogP) is 4.69. The summed E-state index contributed by atoms with van der Waals surface area (Å²) < 4.78 is 16.6. The van der Waals surface area contributed by atoms with Crippen LogP contribution < -0.4 is 9.47 Å². The van der Waals surface area contributed by atoms with E-state index < -0.39 is 5.97 Å². The van der Waals surface area contributed by atoms with Crippen LogP contribution in [-0.4, -0.2) is 31.1 Å². The van der Waals surface area contributed by atoms with Gasteiger partial charge in [0.2, 0.25) is 0 Å². The maximum atomic E-state index is 12.4. The highest BCUT2D eigenvalue weighted by Crippen LogP contribution is 2.19. The van der Waals surface area contributed by atoms with E-state index >= 15 is 0 Å². The van der Waals surface area contributed by atoms with E-state index in [9.17, 15) is 9.59 Å². The average molecular weight is 402 g/mol. The zero-order chi connectivity index (χ0) is 20.8. The number of rotatable bonds is 7. The lowest BCUT2D eigenvalue weighted by atomic mass is 10.0. The van der Waals surface area contributed by atoms with Crippen molar-refractivity contribution in [2.75, 3.05) is 13.2 Å². The molecule has 5 heteroatoms. The van der Waals surface area contributed by atoms with Gasteiger partial charge in [-0.2, -0.15) is 0 Å². The molecule has 1 heterocycles. The molecule has 1 aliphatic heterocycles. The van der Waals surface area contributed by atoms with E-state index in [-0.39, 0.29) is 11.9 Å². The number of ketones is 1. The summed E-state index contributed by atoms with van der Waals surface area (Å²) in [6.45, 7) is 1.30. The average Bonchev–Trinajstić information content (AvgIpc) is 3.32. The minimum Gasteiger partial charge on any atom is -0.491 e. The van der Waals surface area contributed by atoms with Gasteiger partial charge in [0.15, 0.2) is 5.78 Å². The fraction of sp³-hybridized carbons (Fsp3) is 0.200. The van der Waals surface area contributed by atoms with Crippen molar-refractivity contribution in [1.82, 2.24) is 0 Å². The third-order valence-electron chi connectivity index (χ3n) is 4.91. The van der Waals surface area contributed by atoms with Crippen LogP contribution in [0.4, 0.5) is 0 Å². The zero-order valence-electron chi connectivity index (χ0n) is 16.5. The van der Waals surface area contributed by atoms with E-state index in [0.717, 1.165) is 19.4 Å². The second-order valence-corrected chi connectivity index (χ2v) is 7.08. The number of esters is 1. The molecule has 4 rings (SSSR count). The van der Waals surface area contributed by atoms with Crippen LogP contribution >= 0.6 is 0 Å². The van der Waals surface area contributed by atoms with Gasteiger partial charge in [-0.05, 0) is 61.4 Å². The molecule has 1 aliphatic rings. The SMILES string of the molecule is O=C(Oc1ccc(C(=O)c2ccccc2)cc1)c1ccc(OCC2CCCO2)cc1. The van der Waals surface area contributed by atoms with Gasteiger partial charge in [-0.1, -0.05) is 30.3 Å². The van der Waals surface area contributed by atoms with E-state index in [4.69, 9.17) is 14.2 Å². The van der Waals surface area contributed by atoms with Crippen molar-refractivity contribution in [3.63, 3.8) is 0 Å². The first-order valence-corrected chi connectivity index (χ1v) is 9.95. The maximum absolute atomic E-state index is 12.4. The number of benzene rings is 3. The van der Waals surface area contributed by atoms with Crippen LogP contribution in [-0.2, 0) is 4.74 Å². The number of hydrogen-bond acceptors (Lipinski definition) is 5. The Morgan fingerprint density at radius 2 is 1.43 bits per heavy atom. The molecule has 0 aromatic heterocycles. The molecule has 1 atom stereocenters. The molecule has 1 unspecified atom stereocenters. The third kappa shape index (κ3) is 4.93. The molecule has 3 aromatic carbocycles. The molecule has 0 aliphatic carbocycles.